The molecule has 0 spiro atoms. The van der Waals surface area contributed by atoms with Crippen molar-refractivity contribution in [2.45, 2.75) is 19.5 Å². The lowest BCUT2D eigenvalue weighted by Gasteiger charge is -2.25. The van der Waals surface area contributed by atoms with E-state index in [2.05, 4.69) is 10.3 Å². The number of carboxylic acids is 1. The van der Waals surface area contributed by atoms with Crippen LogP contribution in [0.2, 0.25) is 0 Å². The predicted octanol–water partition coefficient (Wildman–Crippen LogP) is -0.939. The maximum absolute atomic E-state index is 12.1. The molecule has 0 aromatic carbocycles. The molecule has 8 nitrogen and oxygen atoms in total. The van der Waals surface area contributed by atoms with Crippen molar-refractivity contribution in [3.05, 3.63) is 18.2 Å². The summed E-state index contributed by atoms with van der Waals surface area (Å²) in [6, 6.07) is -0.311. The van der Waals surface area contributed by atoms with Crippen LogP contribution in [0.25, 0.3) is 0 Å². The summed E-state index contributed by atoms with van der Waals surface area (Å²) >= 11 is 0. The number of nitrogens with two attached hydrogens (primary N) is 1. The van der Waals surface area contributed by atoms with E-state index >= 15 is 0 Å². The van der Waals surface area contributed by atoms with Crippen molar-refractivity contribution in [1.29, 1.82) is 0 Å². The number of ether oxygens (including phenoxy) is 1. The Labute approximate surface area is 115 Å². The number of nitrogens with zero attached hydrogens (tertiary/aromatic N) is 2. The van der Waals surface area contributed by atoms with E-state index in [1.807, 2.05) is 0 Å². The number of carboxylic acid groups (broad SMARTS) is 1. The molecule has 2 unspecified atom stereocenters. The lowest BCUT2D eigenvalue weighted by atomic mass is 9.85. The van der Waals surface area contributed by atoms with E-state index in [-0.39, 0.29) is 17.6 Å². The number of aromatic carboxylic acids is 1. The molecule has 0 bridgehead atoms. The maximum Gasteiger partial charge on any atom is 0.356 e. The summed E-state index contributed by atoms with van der Waals surface area (Å²) < 4.78 is 6.83. The first kappa shape index (κ1) is 14.5. The van der Waals surface area contributed by atoms with E-state index in [1.54, 1.807) is 11.5 Å². The van der Waals surface area contributed by atoms with Crippen molar-refractivity contribution in [2.24, 2.45) is 11.1 Å². The second-order valence-electron chi connectivity index (χ2n) is 5.10. The van der Waals surface area contributed by atoms with Gasteiger partial charge in [0.25, 0.3) is 0 Å². The predicted molar refractivity (Wildman–Crippen MR) is 69.1 cm³/mol. The summed E-state index contributed by atoms with van der Waals surface area (Å²) in [5.41, 5.74) is 5.14. The van der Waals surface area contributed by atoms with E-state index in [0.717, 1.165) is 0 Å². The normalized spacial score (nSPS) is 25.6. The molecule has 1 fully saturated rings. The van der Waals surface area contributed by atoms with E-state index in [9.17, 15) is 9.59 Å². The van der Waals surface area contributed by atoms with Gasteiger partial charge in [-0.25, -0.2) is 9.78 Å². The van der Waals surface area contributed by atoms with Crippen LogP contribution < -0.4 is 11.1 Å². The van der Waals surface area contributed by atoms with E-state index in [0.29, 0.717) is 26.3 Å². The number of rotatable bonds is 5. The Kier molecular flexibility index (Phi) is 4.05. The minimum Gasteiger partial charge on any atom is -0.476 e. The van der Waals surface area contributed by atoms with Gasteiger partial charge in [-0.05, 0) is 6.92 Å². The molecule has 1 aliphatic heterocycles. The van der Waals surface area contributed by atoms with Crippen molar-refractivity contribution in [3.63, 3.8) is 0 Å². The highest BCUT2D eigenvalue weighted by molar-refractivity contribution is 5.85. The zero-order valence-corrected chi connectivity index (χ0v) is 11.2. The van der Waals surface area contributed by atoms with Crippen molar-refractivity contribution >= 4 is 11.9 Å². The fraction of sp³-hybridized carbons (Fsp3) is 0.583. The van der Waals surface area contributed by atoms with Crippen molar-refractivity contribution in [2.75, 3.05) is 19.8 Å². The van der Waals surface area contributed by atoms with Crippen LogP contribution >= 0.6 is 0 Å². The molecule has 1 aromatic heterocycles. The van der Waals surface area contributed by atoms with Gasteiger partial charge < -0.3 is 25.5 Å². The standard InChI is InChI=1S/C12H18N4O4/c1-12(6-20-5-9(12)13)11(19)14-2-3-16-4-8(10(17)18)15-7-16/h4,7,9H,2-3,5-6,13H2,1H3,(H,14,19)(H,17,18). The number of hydrogen-bond acceptors (Lipinski definition) is 5. The van der Waals surface area contributed by atoms with Gasteiger partial charge in [-0.1, -0.05) is 0 Å². The first-order valence-corrected chi connectivity index (χ1v) is 6.30. The molecule has 2 heterocycles. The zero-order valence-electron chi connectivity index (χ0n) is 11.2. The molecular formula is C12H18N4O4. The molecule has 1 amide bonds. The average Bonchev–Trinajstić information content (AvgIpc) is 2.98. The molecular weight excluding hydrogens is 264 g/mol. The molecule has 4 N–H and O–H groups in total. The Morgan fingerprint density at radius 3 is 3.00 bits per heavy atom. The van der Waals surface area contributed by atoms with Gasteiger partial charge in [0, 0.05) is 25.3 Å². The summed E-state index contributed by atoms with van der Waals surface area (Å²) in [5.74, 6) is -1.23. The van der Waals surface area contributed by atoms with Crippen LogP contribution in [0.5, 0.6) is 0 Å². The highest BCUT2D eigenvalue weighted by Crippen LogP contribution is 2.26. The largest absolute Gasteiger partial charge is 0.476 e. The molecule has 20 heavy (non-hydrogen) atoms. The second-order valence-corrected chi connectivity index (χ2v) is 5.10. The molecule has 1 aliphatic rings. The minimum absolute atomic E-state index is 0.0190. The van der Waals surface area contributed by atoms with Gasteiger partial charge in [-0.15, -0.1) is 0 Å². The van der Waals surface area contributed by atoms with Gasteiger partial charge in [0.1, 0.15) is 0 Å². The molecule has 0 saturated carbocycles. The third-order valence-electron chi connectivity index (χ3n) is 3.54. The second kappa shape index (κ2) is 5.59. The minimum atomic E-state index is -1.07. The van der Waals surface area contributed by atoms with Crippen molar-refractivity contribution in [3.8, 4) is 0 Å². The van der Waals surface area contributed by atoms with Crippen LogP contribution in [0.15, 0.2) is 12.5 Å². The highest BCUT2D eigenvalue weighted by atomic mass is 16.5. The van der Waals surface area contributed by atoms with Crippen LogP contribution in [-0.4, -0.2) is 52.3 Å². The number of aromatic nitrogens is 2. The fourth-order valence-electron chi connectivity index (χ4n) is 2.02. The number of carbonyl (C=O) groups excluding carboxylic acids is 1. The van der Waals surface area contributed by atoms with Crippen LogP contribution in [-0.2, 0) is 16.1 Å². The van der Waals surface area contributed by atoms with E-state index in [4.69, 9.17) is 15.6 Å². The Morgan fingerprint density at radius 2 is 2.45 bits per heavy atom. The summed E-state index contributed by atoms with van der Waals surface area (Å²) in [6.45, 7) is 3.29. The molecule has 2 atom stereocenters. The average molecular weight is 282 g/mol. The van der Waals surface area contributed by atoms with E-state index < -0.39 is 11.4 Å². The van der Waals surface area contributed by atoms with Gasteiger partial charge in [-0.3, -0.25) is 4.79 Å². The third kappa shape index (κ3) is 2.81. The topological polar surface area (TPSA) is 119 Å². The molecule has 1 aromatic rings. The molecule has 8 heteroatoms. The number of nitrogens with one attached hydrogen (secondary N) is 1. The van der Waals surface area contributed by atoms with Crippen LogP contribution in [0.3, 0.4) is 0 Å². The smallest absolute Gasteiger partial charge is 0.356 e. The molecule has 0 radical (unpaired) electrons. The zero-order chi connectivity index (χ0) is 14.8. The lowest BCUT2D eigenvalue weighted by molar-refractivity contribution is -0.130. The number of hydrogen-bond donors (Lipinski definition) is 3. The Morgan fingerprint density at radius 1 is 1.70 bits per heavy atom. The lowest BCUT2D eigenvalue weighted by Crippen LogP contribution is -2.50. The number of carbonyl (C=O) groups is 2. The summed E-state index contributed by atoms with van der Waals surface area (Å²) in [4.78, 5) is 26.5. The quantitative estimate of drug-likeness (QED) is 0.641. The molecule has 0 aliphatic carbocycles. The van der Waals surface area contributed by atoms with Crippen LogP contribution in [0.4, 0.5) is 0 Å². The Hall–Kier alpha value is -1.93. The van der Waals surface area contributed by atoms with Gasteiger partial charge in [0.2, 0.25) is 5.91 Å². The summed E-state index contributed by atoms with van der Waals surface area (Å²) in [5, 5.41) is 11.5. The number of imidazole rings is 1. The monoisotopic (exact) mass is 282 g/mol. The van der Waals surface area contributed by atoms with E-state index in [1.165, 1.54) is 12.5 Å². The maximum atomic E-state index is 12.1. The summed E-state index contributed by atoms with van der Waals surface area (Å²) in [6.07, 6.45) is 2.84. The SMILES string of the molecule is CC1(C(=O)NCCn2cnc(C(=O)O)c2)COCC1N. The van der Waals surface area contributed by atoms with Crippen molar-refractivity contribution in [1.82, 2.24) is 14.9 Å². The number of amides is 1. The third-order valence-corrected chi connectivity index (χ3v) is 3.54. The Balaban J connectivity index is 1.83. The van der Waals surface area contributed by atoms with Gasteiger partial charge in [0.05, 0.1) is 25.0 Å². The first-order chi connectivity index (χ1) is 9.43. The fourth-order valence-corrected chi connectivity index (χ4v) is 2.02. The van der Waals surface area contributed by atoms with Gasteiger partial charge >= 0.3 is 5.97 Å². The van der Waals surface area contributed by atoms with Gasteiger partial charge in [-0.2, -0.15) is 0 Å². The molecule has 2 rings (SSSR count). The Bertz CT molecular complexity index is 515. The van der Waals surface area contributed by atoms with Crippen LogP contribution in [0.1, 0.15) is 17.4 Å². The van der Waals surface area contributed by atoms with Crippen molar-refractivity contribution < 1.29 is 19.4 Å². The first-order valence-electron chi connectivity index (χ1n) is 6.30. The molecule has 110 valence electrons. The molecule has 1 saturated heterocycles. The van der Waals surface area contributed by atoms with Gasteiger partial charge in [0.15, 0.2) is 5.69 Å². The highest BCUT2D eigenvalue weighted by Gasteiger charge is 2.44. The van der Waals surface area contributed by atoms with Crippen LogP contribution in [0, 0.1) is 5.41 Å². The summed E-state index contributed by atoms with van der Waals surface area (Å²) in [7, 11) is 0.